The van der Waals surface area contributed by atoms with Crippen LogP contribution in [0.4, 0.5) is 5.69 Å². The summed E-state index contributed by atoms with van der Waals surface area (Å²) in [4.78, 5) is 22.1. The number of non-ortho nitro benzene ring substituents is 1. The van der Waals surface area contributed by atoms with E-state index in [1.54, 1.807) is 26.4 Å². The Morgan fingerprint density at radius 1 is 1.15 bits per heavy atom. The standard InChI is InChI=1S/C18H20N2O6/c1-25-15-7-4-12(17(10-15)26-2)5-8-18(22)19-11-13-3-6-14(20(23)24)9-16(13)21/h3-4,6-7,9-10,21H,5,8,11H2,1-2H3,(H,19,22). The molecule has 2 rings (SSSR count). The molecule has 0 spiro atoms. The van der Waals surface area contributed by atoms with Crippen LogP contribution in [0, 0.1) is 10.1 Å². The second-order valence-corrected chi connectivity index (χ2v) is 5.52. The van der Waals surface area contributed by atoms with Crippen LogP contribution in [0.5, 0.6) is 17.2 Å². The maximum absolute atomic E-state index is 12.0. The number of ether oxygens (including phenoxy) is 2. The van der Waals surface area contributed by atoms with E-state index in [-0.39, 0.29) is 30.3 Å². The minimum Gasteiger partial charge on any atom is -0.507 e. The molecule has 0 atom stereocenters. The molecule has 0 unspecified atom stereocenters. The average Bonchev–Trinajstić information content (AvgIpc) is 2.64. The van der Waals surface area contributed by atoms with Crippen molar-refractivity contribution >= 4 is 11.6 Å². The number of nitro benzene ring substituents is 1. The van der Waals surface area contributed by atoms with Crippen LogP contribution < -0.4 is 14.8 Å². The Bertz CT molecular complexity index is 806. The third-order valence-corrected chi connectivity index (χ3v) is 3.87. The number of phenolic OH excluding ortho intramolecular Hbond substituents is 1. The van der Waals surface area contributed by atoms with Gasteiger partial charge < -0.3 is 19.9 Å². The van der Waals surface area contributed by atoms with Crippen molar-refractivity contribution in [2.45, 2.75) is 19.4 Å². The van der Waals surface area contributed by atoms with Gasteiger partial charge in [0.15, 0.2) is 0 Å². The number of nitro groups is 1. The predicted octanol–water partition coefficient (Wildman–Crippen LogP) is 2.57. The monoisotopic (exact) mass is 360 g/mol. The first-order valence-electron chi connectivity index (χ1n) is 7.88. The number of aryl methyl sites for hydroxylation is 1. The number of phenols is 1. The number of carbonyl (C=O) groups is 1. The molecule has 0 aliphatic rings. The number of nitrogens with one attached hydrogen (secondary N) is 1. The smallest absolute Gasteiger partial charge is 0.273 e. The molecule has 0 aromatic heterocycles. The van der Waals surface area contributed by atoms with Crippen molar-refractivity contribution in [2.24, 2.45) is 0 Å². The molecule has 26 heavy (non-hydrogen) atoms. The normalized spacial score (nSPS) is 10.2. The van der Waals surface area contributed by atoms with Gasteiger partial charge >= 0.3 is 0 Å². The van der Waals surface area contributed by atoms with E-state index in [0.717, 1.165) is 11.6 Å². The third-order valence-electron chi connectivity index (χ3n) is 3.87. The van der Waals surface area contributed by atoms with Crippen molar-refractivity contribution in [3.05, 3.63) is 57.6 Å². The fraction of sp³-hybridized carbons (Fsp3) is 0.278. The van der Waals surface area contributed by atoms with Crippen molar-refractivity contribution in [1.82, 2.24) is 5.32 Å². The Labute approximate surface area is 150 Å². The predicted molar refractivity (Wildman–Crippen MR) is 94.5 cm³/mol. The maximum atomic E-state index is 12.0. The lowest BCUT2D eigenvalue weighted by Crippen LogP contribution is -2.23. The lowest BCUT2D eigenvalue weighted by Gasteiger charge is -2.11. The maximum Gasteiger partial charge on any atom is 0.273 e. The van der Waals surface area contributed by atoms with Gasteiger partial charge in [-0.25, -0.2) is 0 Å². The molecule has 8 heteroatoms. The molecule has 0 heterocycles. The lowest BCUT2D eigenvalue weighted by molar-refractivity contribution is -0.384. The highest BCUT2D eigenvalue weighted by atomic mass is 16.6. The molecule has 2 aromatic rings. The van der Waals surface area contributed by atoms with E-state index in [4.69, 9.17) is 9.47 Å². The summed E-state index contributed by atoms with van der Waals surface area (Å²) < 4.78 is 10.4. The Morgan fingerprint density at radius 2 is 1.88 bits per heavy atom. The van der Waals surface area contributed by atoms with E-state index in [2.05, 4.69) is 5.32 Å². The average molecular weight is 360 g/mol. The molecule has 2 N–H and O–H groups in total. The van der Waals surface area contributed by atoms with Crippen LogP contribution in [0.2, 0.25) is 0 Å². The zero-order valence-electron chi connectivity index (χ0n) is 14.5. The number of rotatable bonds is 8. The van der Waals surface area contributed by atoms with E-state index in [1.807, 2.05) is 6.07 Å². The zero-order chi connectivity index (χ0) is 19.1. The molecule has 0 aliphatic carbocycles. The number of aromatic hydroxyl groups is 1. The van der Waals surface area contributed by atoms with Gasteiger partial charge in [0.05, 0.1) is 25.2 Å². The topological polar surface area (TPSA) is 111 Å². The highest BCUT2D eigenvalue weighted by Gasteiger charge is 2.12. The molecule has 0 saturated heterocycles. The number of hydrogen-bond acceptors (Lipinski definition) is 6. The molecular weight excluding hydrogens is 340 g/mol. The van der Waals surface area contributed by atoms with Gasteiger partial charge in [-0.2, -0.15) is 0 Å². The van der Waals surface area contributed by atoms with Gasteiger partial charge in [-0.1, -0.05) is 6.07 Å². The number of benzene rings is 2. The molecule has 2 aromatic carbocycles. The number of amides is 1. The Morgan fingerprint density at radius 3 is 2.50 bits per heavy atom. The first-order chi connectivity index (χ1) is 12.4. The summed E-state index contributed by atoms with van der Waals surface area (Å²) in [5, 5.41) is 23.1. The van der Waals surface area contributed by atoms with Gasteiger partial charge in [-0.15, -0.1) is 0 Å². The Kier molecular flexibility index (Phi) is 6.37. The van der Waals surface area contributed by atoms with Crippen molar-refractivity contribution in [2.75, 3.05) is 14.2 Å². The van der Waals surface area contributed by atoms with Crippen molar-refractivity contribution in [3.63, 3.8) is 0 Å². The van der Waals surface area contributed by atoms with E-state index >= 15 is 0 Å². The summed E-state index contributed by atoms with van der Waals surface area (Å²) in [5.74, 6) is 0.880. The minimum atomic E-state index is -0.593. The zero-order valence-corrected chi connectivity index (χ0v) is 14.5. The van der Waals surface area contributed by atoms with Crippen LogP contribution in [0.25, 0.3) is 0 Å². The van der Waals surface area contributed by atoms with Gasteiger partial charge in [-0.3, -0.25) is 14.9 Å². The lowest BCUT2D eigenvalue weighted by atomic mass is 10.1. The molecule has 0 bridgehead atoms. The van der Waals surface area contributed by atoms with Crippen LogP contribution in [-0.4, -0.2) is 30.2 Å². The van der Waals surface area contributed by atoms with Crippen molar-refractivity contribution in [3.8, 4) is 17.2 Å². The summed E-state index contributed by atoms with van der Waals surface area (Å²) in [6.07, 6.45) is 0.710. The third kappa shape index (κ3) is 4.85. The summed E-state index contributed by atoms with van der Waals surface area (Å²) in [6.45, 7) is 0.0857. The minimum absolute atomic E-state index is 0.0857. The van der Waals surface area contributed by atoms with Crippen molar-refractivity contribution < 1.29 is 24.3 Å². The van der Waals surface area contributed by atoms with Crippen molar-refractivity contribution in [1.29, 1.82) is 0 Å². The van der Waals surface area contributed by atoms with Gasteiger partial charge in [0, 0.05) is 30.7 Å². The van der Waals surface area contributed by atoms with E-state index in [1.165, 1.54) is 12.1 Å². The second kappa shape index (κ2) is 8.70. The molecule has 0 radical (unpaired) electrons. The molecule has 1 amide bonds. The fourth-order valence-corrected chi connectivity index (χ4v) is 2.40. The summed E-state index contributed by atoms with van der Waals surface area (Å²) in [7, 11) is 3.12. The number of hydrogen-bond donors (Lipinski definition) is 2. The number of methoxy groups -OCH3 is 2. The van der Waals surface area contributed by atoms with Crippen LogP contribution in [0.3, 0.4) is 0 Å². The van der Waals surface area contributed by atoms with Crippen LogP contribution in [-0.2, 0) is 17.8 Å². The SMILES string of the molecule is COc1ccc(CCC(=O)NCc2ccc([N+](=O)[O-])cc2O)c(OC)c1. The molecular formula is C18H20N2O6. The highest BCUT2D eigenvalue weighted by Crippen LogP contribution is 2.26. The van der Waals surface area contributed by atoms with Crippen LogP contribution in [0.1, 0.15) is 17.5 Å². The second-order valence-electron chi connectivity index (χ2n) is 5.52. The van der Waals surface area contributed by atoms with E-state index < -0.39 is 4.92 Å². The summed E-state index contributed by atoms with van der Waals surface area (Å²) >= 11 is 0. The highest BCUT2D eigenvalue weighted by molar-refractivity contribution is 5.76. The largest absolute Gasteiger partial charge is 0.507 e. The van der Waals surface area contributed by atoms with Gasteiger partial charge in [0.2, 0.25) is 5.91 Å². The molecule has 0 aliphatic heterocycles. The number of nitrogens with zero attached hydrogens (tertiary/aromatic N) is 1. The number of carbonyl (C=O) groups excluding carboxylic acids is 1. The quantitative estimate of drug-likeness (QED) is 0.553. The van der Waals surface area contributed by atoms with Crippen LogP contribution >= 0.6 is 0 Å². The van der Waals surface area contributed by atoms with Gasteiger partial charge in [-0.05, 0) is 24.1 Å². The van der Waals surface area contributed by atoms with Crippen LogP contribution in [0.15, 0.2) is 36.4 Å². The molecule has 0 fully saturated rings. The molecule has 138 valence electrons. The first-order valence-corrected chi connectivity index (χ1v) is 7.88. The van der Waals surface area contributed by atoms with E-state index in [9.17, 15) is 20.0 Å². The summed E-state index contributed by atoms with van der Waals surface area (Å²) in [6, 6.07) is 9.15. The fourth-order valence-electron chi connectivity index (χ4n) is 2.40. The summed E-state index contributed by atoms with van der Waals surface area (Å²) in [5.41, 5.74) is 1.08. The van der Waals surface area contributed by atoms with Gasteiger partial charge in [0.1, 0.15) is 17.2 Å². The van der Waals surface area contributed by atoms with Gasteiger partial charge in [0.25, 0.3) is 5.69 Å². The Balaban J connectivity index is 1.91. The molecule has 0 saturated carbocycles. The Hall–Kier alpha value is -3.29. The first kappa shape index (κ1) is 19.0. The molecule has 8 nitrogen and oxygen atoms in total. The van der Waals surface area contributed by atoms with E-state index in [0.29, 0.717) is 23.5 Å².